The number of ether oxygens (including phenoxy) is 2. The normalized spacial score (nSPS) is 15.4. The Balaban J connectivity index is 1.53. The van der Waals surface area contributed by atoms with E-state index >= 15 is 0 Å². The molecule has 0 saturated carbocycles. The number of benzene rings is 1. The largest absolute Gasteiger partial charge is 0.492 e. The summed E-state index contributed by atoms with van der Waals surface area (Å²) in [6.45, 7) is 9.46. The first kappa shape index (κ1) is 20.6. The number of thiophene rings is 1. The molecule has 0 spiro atoms. The van der Waals surface area contributed by atoms with Crippen LogP contribution in [0.25, 0.3) is 0 Å². The van der Waals surface area contributed by atoms with Gasteiger partial charge in [0.25, 0.3) is 0 Å². The second-order valence-corrected chi connectivity index (χ2v) is 7.57. The minimum absolute atomic E-state index is 0.577. The Morgan fingerprint density at radius 1 is 1.18 bits per heavy atom. The van der Waals surface area contributed by atoms with Crippen molar-refractivity contribution >= 4 is 17.3 Å². The van der Waals surface area contributed by atoms with Crippen LogP contribution in [-0.4, -0.2) is 56.9 Å². The highest BCUT2D eigenvalue weighted by Crippen LogP contribution is 2.19. The van der Waals surface area contributed by atoms with Gasteiger partial charge in [-0.25, -0.2) is 4.99 Å². The number of para-hydroxylation sites is 1. The summed E-state index contributed by atoms with van der Waals surface area (Å²) in [6, 6.07) is 12.3. The number of guanidine groups is 1. The third kappa shape index (κ3) is 6.82. The molecule has 152 valence electrons. The van der Waals surface area contributed by atoms with Gasteiger partial charge in [0, 0.05) is 36.6 Å². The van der Waals surface area contributed by atoms with E-state index in [0.29, 0.717) is 13.2 Å². The van der Waals surface area contributed by atoms with Crippen LogP contribution in [0, 0.1) is 0 Å². The lowest BCUT2D eigenvalue weighted by molar-refractivity contribution is 0.0322. The molecule has 28 heavy (non-hydrogen) atoms. The van der Waals surface area contributed by atoms with Crippen molar-refractivity contribution < 1.29 is 9.47 Å². The molecule has 3 rings (SSSR count). The Hall–Kier alpha value is -2.09. The number of hydrogen-bond donors (Lipinski definition) is 2. The van der Waals surface area contributed by atoms with Crippen LogP contribution in [0.2, 0.25) is 0 Å². The van der Waals surface area contributed by atoms with Crippen LogP contribution < -0.4 is 15.4 Å². The second-order valence-electron chi connectivity index (χ2n) is 6.54. The fraction of sp³-hybridized carbons (Fsp3) is 0.476. The summed E-state index contributed by atoms with van der Waals surface area (Å²) in [5.74, 6) is 1.73. The fourth-order valence-electron chi connectivity index (χ4n) is 2.97. The molecule has 0 radical (unpaired) electrons. The van der Waals surface area contributed by atoms with Gasteiger partial charge in [-0.1, -0.05) is 24.3 Å². The highest BCUT2D eigenvalue weighted by atomic mass is 32.1. The minimum Gasteiger partial charge on any atom is -0.492 e. The third-order valence-corrected chi connectivity index (χ3v) is 5.38. The van der Waals surface area contributed by atoms with E-state index in [0.717, 1.165) is 63.2 Å². The van der Waals surface area contributed by atoms with E-state index in [4.69, 9.17) is 14.5 Å². The van der Waals surface area contributed by atoms with Crippen LogP contribution >= 0.6 is 11.3 Å². The van der Waals surface area contributed by atoms with Crippen LogP contribution in [-0.2, 0) is 17.8 Å². The molecule has 0 bridgehead atoms. The summed E-state index contributed by atoms with van der Waals surface area (Å²) in [4.78, 5) is 8.40. The van der Waals surface area contributed by atoms with Crippen molar-refractivity contribution in [2.45, 2.75) is 20.0 Å². The maximum atomic E-state index is 6.06. The third-order valence-electron chi connectivity index (χ3n) is 4.50. The van der Waals surface area contributed by atoms with Crippen LogP contribution in [0.15, 0.2) is 46.8 Å². The van der Waals surface area contributed by atoms with Gasteiger partial charge in [0.1, 0.15) is 12.4 Å². The molecule has 2 aromatic rings. The lowest BCUT2D eigenvalue weighted by Crippen LogP contribution is -2.38. The number of aliphatic imine (C=N–C) groups is 1. The molecule has 1 aromatic carbocycles. The van der Waals surface area contributed by atoms with Crippen molar-refractivity contribution in [3.63, 3.8) is 0 Å². The summed E-state index contributed by atoms with van der Waals surface area (Å²) in [7, 11) is 0. The molecule has 1 aliphatic heterocycles. The average molecular weight is 403 g/mol. The first-order valence-electron chi connectivity index (χ1n) is 9.90. The molecule has 0 unspecified atom stereocenters. The second kappa shape index (κ2) is 11.7. The first-order valence-corrected chi connectivity index (χ1v) is 10.8. The minimum atomic E-state index is 0.577. The Bertz CT molecular complexity index is 715. The van der Waals surface area contributed by atoms with Crippen LogP contribution in [0.3, 0.4) is 0 Å². The summed E-state index contributed by atoms with van der Waals surface area (Å²) < 4.78 is 11.5. The molecule has 0 amide bonds. The average Bonchev–Trinajstić information content (AvgIpc) is 3.25. The number of hydrogen-bond acceptors (Lipinski definition) is 5. The summed E-state index contributed by atoms with van der Waals surface area (Å²) >= 11 is 1.74. The van der Waals surface area contributed by atoms with Crippen molar-refractivity contribution in [3.05, 3.63) is 52.2 Å². The van der Waals surface area contributed by atoms with E-state index in [2.05, 4.69) is 46.0 Å². The molecule has 2 N–H and O–H groups in total. The molecule has 7 heteroatoms. The van der Waals surface area contributed by atoms with E-state index in [1.807, 2.05) is 18.2 Å². The predicted molar refractivity (Wildman–Crippen MR) is 115 cm³/mol. The van der Waals surface area contributed by atoms with Gasteiger partial charge in [0.2, 0.25) is 0 Å². The lowest BCUT2D eigenvalue weighted by Gasteiger charge is -2.26. The summed E-state index contributed by atoms with van der Waals surface area (Å²) in [6.07, 6.45) is 0. The van der Waals surface area contributed by atoms with Crippen LogP contribution in [0.1, 0.15) is 17.4 Å². The van der Waals surface area contributed by atoms with E-state index in [1.54, 1.807) is 11.3 Å². The van der Waals surface area contributed by atoms with Gasteiger partial charge in [-0.15, -0.1) is 11.3 Å². The van der Waals surface area contributed by atoms with Crippen LogP contribution in [0.5, 0.6) is 5.75 Å². The molecule has 6 nitrogen and oxygen atoms in total. The molecule has 1 aliphatic rings. The monoisotopic (exact) mass is 402 g/mol. The SMILES string of the molecule is CCNC(=NCc1ccccc1OCCN1CCOCC1)NCc1cccs1. The zero-order valence-electron chi connectivity index (χ0n) is 16.5. The van der Waals surface area contributed by atoms with E-state index in [1.165, 1.54) is 4.88 Å². The quantitative estimate of drug-likeness (QED) is 0.499. The Kier molecular flexibility index (Phi) is 8.61. The highest BCUT2D eigenvalue weighted by molar-refractivity contribution is 7.09. The van der Waals surface area contributed by atoms with E-state index in [-0.39, 0.29) is 0 Å². The summed E-state index contributed by atoms with van der Waals surface area (Å²) in [5.41, 5.74) is 1.10. The molecule has 0 aliphatic carbocycles. The smallest absolute Gasteiger partial charge is 0.191 e. The van der Waals surface area contributed by atoms with Gasteiger partial charge in [-0.05, 0) is 24.4 Å². The molecule has 1 aromatic heterocycles. The Morgan fingerprint density at radius 3 is 2.82 bits per heavy atom. The van der Waals surface area contributed by atoms with E-state index < -0.39 is 0 Å². The predicted octanol–water partition coefficient (Wildman–Crippen LogP) is 2.71. The first-order chi connectivity index (χ1) is 13.8. The highest BCUT2D eigenvalue weighted by Gasteiger charge is 2.10. The van der Waals surface area contributed by atoms with Crippen molar-refractivity contribution in [2.75, 3.05) is 46.0 Å². The van der Waals surface area contributed by atoms with Gasteiger partial charge >= 0.3 is 0 Å². The molecule has 0 atom stereocenters. The molecule has 1 saturated heterocycles. The maximum Gasteiger partial charge on any atom is 0.191 e. The van der Waals surface area contributed by atoms with Gasteiger partial charge in [-0.2, -0.15) is 0 Å². The van der Waals surface area contributed by atoms with Gasteiger partial charge in [0.15, 0.2) is 5.96 Å². The summed E-state index contributed by atoms with van der Waals surface area (Å²) in [5, 5.41) is 8.78. The topological polar surface area (TPSA) is 58.1 Å². The fourth-order valence-corrected chi connectivity index (χ4v) is 3.62. The van der Waals surface area contributed by atoms with Crippen molar-refractivity contribution in [1.29, 1.82) is 0 Å². The Labute approximate surface area is 171 Å². The molecular formula is C21H30N4O2S. The van der Waals surface area contributed by atoms with Gasteiger partial charge in [0.05, 0.1) is 26.3 Å². The standard InChI is InChI=1S/C21H30N4O2S/c1-2-22-21(24-17-19-7-5-15-28-19)23-16-18-6-3-4-8-20(18)27-14-11-25-9-12-26-13-10-25/h3-8,15H,2,9-14,16-17H2,1H3,(H2,22,23,24). The molecule has 1 fully saturated rings. The molecular weight excluding hydrogens is 372 g/mol. The number of morpholine rings is 1. The van der Waals surface area contributed by atoms with Crippen molar-refractivity contribution in [2.24, 2.45) is 4.99 Å². The van der Waals surface area contributed by atoms with Crippen molar-refractivity contribution in [1.82, 2.24) is 15.5 Å². The zero-order chi connectivity index (χ0) is 19.4. The molecule has 2 heterocycles. The van der Waals surface area contributed by atoms with Crippen molar-refractivity contribution in [3.8, 4) is 5.75 Å². The van der Waals surface area contributed by atoms with E-state index in [9.17, 15) is 0 Å². The zero-order valence-corrected chi connectivity index (χ0v) is 17.3. The Morgan fingerprint density at radius 2 is 2.04 bits per heavy atom. The van der Waals surface area contributed by atoms with Gasteiger partial charge < -0.3 is 20.1 Å². The maximum absolute atomic E-state index is 6.06. The van der Waals surface area contributed by atoms with Crippen LogP contribution in [0.4, 0.5) is 0 Å². The number of nitrogens with zero attached hydrogens (tertiary/aromatic N) is 2. The lowest BCUT2D eigenvalue weighted by atomic mass is 10.2. The van der Waals surface area contributed by atoms with Gasteiger partial charge in [-0.3, -0.25) is 4.90 Å². The number of nitrogens with one attached hydrogen (secondary N) is 2. The number of rotatable bonds is 9.